The highest BCUT2D eigenvalue weighted by atomic mass is 14.8. The van der Waals surface area contributed by atoms with Crippen molar-refractivity contribution in [3.05, 3.63) is 24.2 Å². The number of nitrogens with zero attached hydrogens (tertiary/aromatic N) is 1. The van der Waals surface area contributed by atoms with Crippen molar-refractivity contribution < 1.29 is 0 Å². The monoisotopic (exact) mass is 125 g/mol. The van der Waals surface area contributed by atoms with E-state index >= 15 is 0 Å². The van der Waals surface area contributed by atoms with Crippen LogP contribution in [0, 0.1) is 0 Å². The Balaban J connectivity index is 3.86. The highest BCUT2D eigenvalue weighted by molar-refractivity contribution is 5.77. The molecule has 0 unspecified atom stereocenters. The minimum Gasteiger partial charge on any atom is -0.403 e. The maximum atomic E-state index is 5.27. The van der Waals surface area contributed by atoms with Gasteiger partial charge in [-0.05, 0) is 6.92 Å². The molecule has 4 N–H and O–H groups in total. The summed E-state index contributed by atoms with van der Waals surface area (Å²) in [6, 6.07) is 0. The highest BCUT2D eigenvalue weighted by Gasteiger charge is 1.77. The molecule has 0 aliphatic carbocycles. The number of rotatable bonds is 2. The highest BCUT2D eigenvalue weighted by Crippen LogP contribution is 1.86. The molecule has 0 amide bonds. The molecule has 3 heteroatoms. The van der Waals surface area contributed by atoms with Gasteiger partial charge in [0.1, 0.15) is 0 Å². The van der Waals surface area contributed by atoms with E-state index in [9.17, 15) is 0 Å². The summed E-state index contributed by atoms with van der Waals surface area (Å²) < 4.78 is 0. The maximum Gasteiger partial charge on any atom is 0.0657 e. The lowest BCUT2D eigenvalue weighted by molar-refractivity contribution is 1.32. The molecule has 0 saturated heterocycles. The molecular formula is C6H11N3. The zero-order chi connectivity index (χ0) is 7.28. The molecule has 0 saturated carbocycles. The molecule has 0 aromatic heterocycles. The summed E-state index contributed by atoms with van der Waals surface area (Å²) in [7, 11) is 0. The van der Waals surface area contributed by atoms with E-state index in [-0.39, 0.29) is 0 Å². The Morgan fingerprint density at radius 2 is 2.22 bits per heavy atom. The summed E-state index contributed by atoms with van der Waals surface area (Å²) in [6.45, 7) is 5.32. The zero-order valence-corrected chi connectivity index (χ0v) is 5.46. The van der Waals surface area contributed by atoms with Gasteiger partial charge in [-0.15, -0.1) is 0 Å². The van der Waals surface area contributed by atoms with Gasteiger partial charge >= 0.3 is 0 Å². The molecule has 0 aliphatic rings. The first kappa shape index (κ1) is 7.75. The normalized spacial score (nSPS) is 12.3. The first-order chi connectivity index (χ1) is 4.16. The average molecular weight is 125 g/mol. The van der Waals surface area contributed by atoms with Crippen LogP contribution in [-0.2, 0) is 0 Å². The number of nitrogens with two attached hydrogens (primary N) is 2. The molecule has 0 rings (SSSR count). The molecule has 0 aliphatic heterocycles. The maximum absolute atomic E-state index is 5.27. The summed E-state index contributed by atoms with van der Waals surface area (Å²) >= 11 is 0. The Morgan fingerprint density at radius 1 is 1.67 bits per heavy atom. The fourth-order valence-corrected chi connectivity index (χ4v) is 0.228. The van der Waals surface area contributed by atoms with Gasteiger partial charge in [-0.2, -0.15) is 0 Å². The third kappa shape index (κ3) is 4.61. The number of hydrogen-bond donors (Lipinski definition) is 2. The lowest BCUT2D eigenvalue weighted by atomic mass is 10.5. The van der Waals surface area contributed by atoms with Crippen molar-refractivity contribution in [2.75, 3.05) is 0 Å². The molecular weight excluding hydrogens is 114 g/mol. The van der Waals surface area contributed by atoms with Crippen molar-refractivity contribution in [3.63, 3.8) is 0 Å². The van der Waals surface area contributed by atoms with Gasteiger partial charge in [0.15, 0.2) is 0 Å². The SMILES string of the molecule is C=C(C)N=C/C(N)=C\N. The van der Waals surface area contributed by atoms with Crippen molar-refractivity contribution in [1.82, 2.24) is 0 Å². The molecule has 0 bridgehead atoms. The van der Waals surface area contributed by atoms with Crippen LogP contribution < -0.4 is 11.5 Å². The Hall–Kier alpha value is -1.25. The predicted octanol–water partition coefficient (Wildman–Crippen LogP) is 0.350. The number of allylic oxidation sites excluding steroid dienone is 2. The Kier molecular flexibility index (Phi) is 3.20. The Labute approximate surface area is 54.8 Å². The summed E-state index contributed by atoms with van der Waals surface area (Å²) in [5.41, 5.74) is 11.5. The molecule has 0 fully saturated rings. The topological polar surface area (TPSA) is 64.4 Å². The molecule has 3 nitrogen and oxygen atoms in total. The minimum absolute atomic E-state index is 0.443. The molecule has 0 atom stereocenters. The first-order valence-electron chi connectivity index (χ1n) is 2.53. The molecule has 50 valence electrons. The summed E-state index contributed by atoms with van der Waals surface area (Å²) in [6.07, 6.45) is 2.74. The second-order valence-corrected chi connectivity index (χ2v) is 1.66. The third-order valence-corrected chi connectivity index (χ3v) is 0.626. The minimum atomic E-state index is 0.443. The van der Waals surface area contributed by atoms with Gasteiger partial charge in [0.05, 0.1) is 11.9 Å². The van der Waals surface area contributed by atoms with E-state index in [1.165, 1.54) is 12.4 Å². The van der Waals surface area contributed by atoms with E-state index in [0.717, 1.165) is 0 Å². The lowest BCUT2D eigenvalue weighted by Gasteiger charge is -1.87. The van der Waals surface area contributed by atoms with Crippen LogP contribution in [0.2, 0.25) is 0 Å². The van der Waals surface area contributed by atoms with Crippen molar-refractivity contribution in [2.45, 2.75) is 6.92 Å². The zero-order valence-electron chi connectivity index (χ0n) is 5.46. The van der Waals surface area contributed by atoms with E-state index in [0.29, 0.717) is 11.4 Å². The molecule has 0 spiro atoms. The summed E-state index contributed by atoms with van der Waals surface area (Å²) in [4.78, 5) is 3.80. The Bertz CT molecular complexity index is 156. The smallest absolute Gasteiger partial charge is 0.0657 e. The molecule has 0 radical (unpaired) electrons. The lowest BCUT2D eigenvalue weighted by Crippen LogP contribution is -2.01. The van der Waals surface area contributed by atoms with Crippen molar-refractivity contribution in [3.8, 4) is 0 Å². The van der Waals surface area contributed by atoms with E-state index in [1.54, 1.807) is 6.92 Å². The van der Waals surface area contributed by atoms with Gasteiger partial charge in [0.2, 0.25) is 0 Å². The van der Waals surface area contributed by atoms with Gasteiger partial charge in [-0.25, -0.2) is 0 Å². The fraction of sp³-hybridized carbons (Fsp3) is 0.167. The second kappa shape index (κ2) is 3.72. The number of aliphatic imine (C=N–C) groups is 1. The van der Waals surface area contributed by atoms with Crippen LogP contribution in [-0.4, -0.2) is 6.21 Å². The average Bonchev–Trinajstić information content (AvgIpc) is 1.83. The largest absolute Gasteiger partial charge is 0.403 e. The number of hydrogen-bond acceptors (Lipinski definition) is 3. The van der Waals surface area contributed by atoms with E-state index < -0.39 is 0 Å². The van der Waals surface area contributed by atoms with Crippen molar-refractivity contribution >= 4 is 6.21 Å². The molecule has 9 heavy (non-hydrogen) atoms. The molecule has 0 aromatic rings. The van der Waals surface area contributed by atoms with Gasteiger partial charge in [0, 0.05) is 11.9 Å². The Morgan fingerprint density at radius 3 is 2.56 bits per heavy atom. The molecule has 0 aromatic carbocycles. The van der Waals surface area contributed by atoms with Crippen LogP contribution in [0.4, 0.5) is 0 Å². The quantitative estimate of drug-likeness (QED) is 0.523. The van der Waals surface area contributed by atoms with Crippen LogP contribution in [0.15, 0.2) is 29.2 Å². The molecule has 0 heterocycles. The fourth-order valence-electron chi connectivity index (χ4n) is 0.228. The van der Waals surface area contributed by atoms with E-state index in [4.69, 9.17) is 11.5 Å². The van der Waals surface area contributed by atoms with Gasteiger partial charge < -0.3 is 11.5 Å². The van der Waals surface area contributed by atoms with Crippen molar-refractivity contribution in [2.24, 2.45) is 16.5 Å². The standard InChI is InChI=1S/C6H11N3/c1-5(2)9-4-6(8)3-7/h3-4H,1,7-8H2,2H3/b6-3+,9-4?. The summed E-state index contributed by atoms with van der Waals surface area (Å²) in [5.74, 6) is 0. The van der Waals surface area contributed by atoms with Gasteiger partial charge in [-0.1, -0.05) is 6.58 Å². The first-order valence-corrected chi connectivity index (χ1v) is 2.53. The van der Waals surface area contributed by atoms with E-state index in [1.807, 2.05) is 0 Å². The second-order valence-electron chi connectivity index (χ2n) is 1.66. The van der Waals surface area contributed by atoms with Crippen LogP contribution in [0.3, 0.4) is 0 Å². The van der Waals surface area contributed by atoms with Gasteiger partial charge in [0.25, 0.3) is 0 Å². The third-order valence-electron chi connectivity index (χ3n) is 0.626. The van der Waals surface area contributed by atoms with Crippen molar-refractivity contribution in [1.29, 1.82) is 0 Å². The van der Waals surface area contributed by atoms with Crippen LogP contribution in [0.1, 0.15) is 6.92 Å². The van der Waals surface area contributed by atoms with E-state index in [2.05, 4.69) is 11.6 Å². The van der Waals surface area contributed by atoms with Crippen LogP contribution in [0.25, 0.3) is 0 Å². The predicted molar refractivity (Wildman–Crippen MR) is 39.8 cm³/mol. The van der Waals surface area contributed by atoms with Crippen LogP contribution >= 0.6 is 0 Å². The summed E-state index contributed by atoms with van der Waals surface area (Å²) in [5, 5.41) is 0. The van der Waals surface area contributed by atoms with Crippen LogP contribution in [0.5, 0.6) is 0 Å². The van der Waals surface area contributed by atoms with Gasteiger partial charge in [-0.3, -0.25) is 4.99 Å².